The van der Waals surface area contributed by atoms with Crippen molar-refractivity contribution < 1.29 is 4.79 Å². The quantitative estimate of drug-likeness (QED) is 0.777. The Kier molecular flexibility index (Phi) is 3.31. The van der Waals surface area contributed by atoms with Crippen molar-refractivity contribution in [3.63, 3.8) is 0 Å². The van der Waals surface area contributed by atoms with Crippen molar-refractivity contribution in [1.29, 1.82) is 0 Å². The molecule has 0 fully saturated rings. The summed E-state index contributed by atoms with van der Waals surface area (Å²) >= 11 is 1.56. The molecule has 2 heterocycles. The molecule has 0 spiro atoms. The average molecular weight is 236 g/mol. The van der Waals surface area contributed by atoms with E-state index in [0.717, 1.165) is 29.2 Å². The standard InChI is InChI=1S/C10H12N4OS/c1-14-4-2-12-10(13-3-5-15)9(14)8-6-11-7-16-8/h2,5-7,13H,3-4H2,1H3. The first-order chi connectivity index (χ1) is 7.83. The summed E-state index contributed by atoms with van der Waals surface area (Å²) in [7, 11) is 1.99. The summed E-state index contributed by atoms with van der Waals surface area (Å²) in [6, 6.07) is 0. The van der Waals surface area contributed by atoms with Gasteiger partial charge in [-0.1, -0.05) is 0 Å². The zero-order valence-corrected chi connectivity index (χ0v) is 9.70. The number of aromatic nitrogens is 1. The molecule has 6 heteroatoms. The van der Waals surface area contributed by atoms with Crippen LogP contribution in [0.3, 0.4) is 0 Å². The van der Waals surface area contributed by atoms with Crippen LogP contribution in [0.15, 0.2) is 22.5 Å². The second-order valence-electron chi connectivity index (χ2n) is 3.30. The molecule has 0 atom stereocenters. The van der Waals surface area contributed by atoms with Crippen LogP contribution in [0.5, 0.6) is 0 Å². The second-order valence-corrected chi connectivity index (χ2v) is 4.19. The van der Waals surface area contributed by atoms with Gasteiger partial charge in [0.05, 0.1) is 29.2 Å². The first kappa shape index (κ1) is 10.8. The van der Waals surface area contributed by atoms with Crippen molar-refractivity contribution in [1.82, 2.24) is 15.2 Å². The predicted octanol–water partition coefficient (Wildman–Crippen LogP) is 0.574. The van der Waals surface area contributed by atoms with Crippen LogP contribution in [0.1, 0.15) is 4.88 Å². The molecule has 0 unspecified atom stereocenters. The van der Waals surface area contributed by atoms with Gasteiger partial charge in [-0.2, -0.15) is 0 Å². The normalized spacial score (nSPS) is 15.4. The van der Waals surface area contributed by atoms with E-state index in [1.807, 2.05) is 13.3 Å². The fourth-order valence-electron chi connectivity index (χ4n) is 1.49. The Morgan fingerprint density at radius 2 is 2.56 bits per heavy atom. The van der Waals surface area contributed by atoms with E-state index in [1.165, 1.54) is 0 Å². The van der Waals surface area contributed by atoms with E-state index in [9.17, 15) is 4.79 Å². The lowest BCUT2D eigenvalue weighted by Crippen LogP contribution is -2.28. The van der Waals surface area contributed by atoms with Crippen LogP contribution < -0.4 is 5.32 Å². The first-order valence-electron chi connectivity index (χ1n) is 4.87. The smallest absolute Gasteiger partial charge is 0.151 e. The summed E-state index contributed by atoms with van der Waals surface area (Å²) in [4.78, 5) is 21.8. The molecule has 5 nitrogen and oxygen atoms in total. The zero-order valence-electron chi connectivity index (χ0n) is 8.88. The Bertz CT molecular complexity index is 424. The third-order valence-electron chi connectivity index (χ3n) is 2.20. The van der Waals surface area contributed by atoms with Crippen molar-refractivity contribution in [3.05, 3.63) is 22.4 Å². The summed E-state index contributed by atoms with van der Waals surface area (Å²) in [5, 5.41) is 2.99. The van der Waals surface area contributed by atoms with Gasteiger partial charge in [0.15, 0.2) is 5.82 Å². The van der Waals surface area contributed by atoms with Crippen molar-refractivity contribution >= 4 is 29.5 Å². The number of carbonyl (C=O) groups excluding carboxylic acids is 1. The molecule has 16 heavy (non-hydrogen) atoms. The average Bonchev–Trinajstić information content (AvgIpc) is 2.79. The summed E-state index contributed by atoms with van der Waals surface area (Å²) in [6.07, 6.45) is 4.44. The maximum Gasteiger partial charge on any atom is 0.151 e. The van der Waals surface area contributed by atoms with E-state index in [1.54, 1.807) is 23.0 Å². The molecule has 0 aliphatic carbocycles. The number of carbonyl (C=O) groups is 1. The number of hydrogen-bond acceptors (Lipinski definition) is 6. The predicted molar refractivity (Wildman–Crippen MR) is 64.2 cm³/mol. The molecule has 0 amide bonds. The highest BCUT2D eigenvalue weighted by Gasteiger charge is 2.17. The minimum absolute atomic E-state index is 0.267. The Hall–Kier alpha value is -1.69. The van der Waals surface area contributed by atoms with E-state index in [0.29, 0.717) is 0 Å². The van der Waals surface area contributed by atoms with E-state index in [-0.39, 0.29) is 6.54 Å². The molecule has 0 saturated carbocycles. The Morgan fingerprint density at radius 3 is 3.25 bits per heavy atom. The number of nitrogens with zero attached hydrogens (tertiary/aromatic N) is 3. The number of rotatable bonds is 4. The molecule has 1 aromatic heterocycles. The van der Waals surface area contributed by atoms with Gasteiger partial charge in [0, 0.05) is 19.5 Å². The molecular weight excluding hydrogens is 224 g/mol. The topological polar surface area (TPSA) is 57.6 Å². The van der Waals surface area contributed by atoms with Crippen LogP contribution in [-0.4, -0.2) is 42.5 Å². The highest BCUT2D eigenvalue weighted by Crippen LogP contribution is 2.25. The fourth-order valence-corrected chi connectivity index (χ4v) is 2.21. The highest BCUT2D eigenvalue weighted by atomic mass is 32.1. The van der Waals surface area contributed by atoms with E-state index in [2.05, 4.69) is 20.2 Å². The second kappa shape index (κ2) is 4.89. The molecule has 0 radical (unpaired) electrons. The van der Waals surface area contributed by atoms with E-state index in [4.69, 9.17) is 0 Å². The van der Waals surface area contributed by atoms with Crippen LogP contribution in [0.25, 0.3) is 5.70 Å². The van der Waals surface area contributed by atoms with Crippen LogP contribution >= 0.6 is 11.3 Å². The van der Waals surface area contributed by atoms with Crippen molar-refractivity contribution in [2.75, 3.05) is 20.1 Å². The lowest BCUT2D eigenvalue weighted by Gasteiger charge is -2.25. The van der Waals surface area contributed by atoms with Crippen LogP contribution in [0.2, 0.25) is 0 Å². The van der Waals surface area contributed by atoms with Crippen LogP contribution in [-0.2, 0) is 4.79 Å². The van der Waals surface area contributed by atoms with E-state index >= 15 is 0 Å². The van der Waals surface area contributed by atoms with Crippen LogP contribution in [0, 0.1) is 0 Å². The summed E-state index contributed by atoms with van der Waals surface area (Å²) in [5.74, 6) is 0.727. The van der Waals surface area contributed by atoms with Crippen molar-refractivity contribution in [3.8, 4) is 0 Å². The number of hydrogen-bond donors (Lipinski definition) is 1. The molecule has 1 aliphatic heterocycles. The van der Waals surface area contributed by atoms with Crippen LogP contribution in [0.4, 0.5) is 0 Å². The number of thiazole rings is 1. The minimum atomic E-state index is 0.267. The minimum Gasteiger partial charge on any atom is -0.365 e. The molecule has 0 bridgehead atoms. The van der Waals surface area contributed by atoms with Gasteiger partial charge in [-0.3, -0.25) is 4.98 Å². The van der Waals surface area contributed by atoms with Gasteiger partial charge in [-0.25, -0.2) is 4.99 Å². The van der Waals surface area contributed by atoms with Gasteiger partial charge in [0.1, 0.15) is 6.29 Å². The molecule has 84 valence electrons. The summed E-state index contributed by atoms with van der Waals surface area (Å²) in [6.45, 7) is 1.03. The first-order valence-corrected chi connectivity index (χ1v) is 5.75. The van der Waals surface area contributed by atoms with Gasteiger partial charge >= 0.3 is 0 Å². The lowest BCUT2D eigenvalue weighted by atomic mass is 10.3. The lowest BCUT2D eigenvalue weighted by molar-refractivity contribution is -0.107. The monoisotopic (exact) mass is 236 g/mol. The Morgan fingerprint density at radius 1 is 1.69 bits per heavy atom. The van der Waals surface area contributed by atoms with Gasteiger partial charge in [0.2, 0.25) is 0 Å². The number of nitrogens with one attached hydrogen (secondary N) is 1. The van der Waals surface area contributed by atoms with Crippen molar-refractivity contribution in [2.24, 2.45) is 4.99 Å². The maximum absolute atomic E-state index is 10.4. The molecule has 1 aliphatic rings. The third-order valence-corrected chi connectivity index (χ3v) is 2.98. The highest BCUT2D eigenvalue weighted by molar-refractivity contribution is 7.10. The van der Waals surface area contributed by atoms with Gasteiger partial charge in [0.25, 0.3) is 0 Å². The molecule has 1 N–H and O–H groups in total. The van der Waals surface area contributed by atoms with Crippen molar-refractivity contribution in [2.45, 2.75) is 0 Å². The Labute approximate surface area is 97.5 Å². The maximum atomic E-state index is 10.4. The van der Waals surface area contributed by atoms with Gasteiger partial charge in [-0.05, 0) is 0 Å². The van der Waals surface area contributed by atoms with Gasteiger partial charge < -0.3 is 15.0 Å². The largest absolute Gasteiger partial charge is 0.365 e. The van der Waals surface area contributed by atoms with Gasteiger partial charge in [-0.15, -0.1) is 11.3 Å². The number of aldehydes is 1. The number of aliphatic imine (C=N–C) groups is 1. The molecule has 0 aromatic carbocycles. The van der Waals surface area contributed by atoms with E-state index < -0.39 is 0 Å². The molecule has 2 rings (SSSR count). The zero-order chi connectivity index (χ0) is 11.4. The Balaban J connectivity index is 2.34. The molecular formula is C10H12N4OS. The fraction of sp³-hybridized carbons (Fsp3) is 0.300. The summed E-state index contributed by atoms with van der Waals surface area (Å²) in [5.41, 5.74) is 2.78. The molecule has 0 saturated heterocycles. The molecule has 1 aromatic rings. The third kappa shape index (κ3) is 2.11. The summed E-state index contributed by atoms with van der Waals surface area (Å²) < 4.78 is 0. The SMILES string of the molecule is CN1CC=NC(NCC=O)=C1c1cncs1.